The van der Waals surface area contributed by atoms with E-state index in [4.69, 9.17) is 9.47 Å². The van der Waals surface area contributed by atoms with Gasteiger partial charge in [0.15, 0.2) is 6.10 Å². The molecule has 2 amide bonds. The van der Waals surface area contributed by atoms with Crippen molar-refractivity contribution in [3.05, 3.63) is 59.7 Å². The van der Waals surface area contributed by atoms with Crippen molar-refractivity contribution in [3.8, 4) is 5.75 Å². The smallest absolute Gasteiger partial charge is 0.265 e. The van der Waals surface area contributed by atoms with Crippen LogP contribution in [0.15, 0.2) is 48.5 Å². The lowest BCUT2D eigenvalue weighted by molar-refractivity contribution is -0.122. The Morgan fingerprint density at radius 1 is 1.14 bits per heavy atom. The summed E-state index contributed by atoms with van der Waals surface area (Å²) in [7, 11) is 0. The highest BCUT2D eigenvalue weighted by Gasteiger charge is 2.21. The summed E-state index contributed by atoms with van der Waals surface area (Å²) in [5.74, 6) is 0.366. The number of carbonyl (C=O) groups is 2. The topological polar surface area (TPSA) is 67.9 Å². The molecule has 2 aromatic carbocycles. The number of hydrogen-bond acceptors (Lipinski definition) is 4. The maximum absolute atomic E-state index is 12.6. The normalized spacial score (nSPS) is 15.0. The summed E-state index contributed by atoms with van der Waals surface area (Å²) in [5.41, 5.74) is 2.26. The van der Waals surface area contributed by atoms with Gasteiger partial charge in [-0.15, -0.1) is 0 Å². The minimum absolute atomic E-state index is 0.0534. The van der Waals surface area contributed by atoms with E-state index in [2.05, 4.69) is 5.32 Å². The average Bonchev–Trinajstić information content (AvgIpc) is 2.73. The Hall–Kier alpha value is -2.86. The number of amides is 2. The fourth-order valence-corrected chi connectivity index (χ4v) is 3.01. The van der Waals surface area contributed by atoms with Crippen LogP contribution in [0, 0.1) is 6.92 Å². The molecule has 6 nitrogen and oxygen atoms in total. The zero-order valence-electron chi connectivity index (χ0n) is 16.3. The number of ether oxygens (including phenoxy) is 2. The zero-order valence-corrected chi connectivity index (χ0v) is 16.3. The number of benzene rings is 2. The highest BCUT2D eigenvalue weighted by molar-refractivity contribution is 5.98. The van der Waals surface area contributed by atoms with Crippen LogP contribution in [0.4, 0.5) is 5.69 Å². The van der Waals surface area contributed by atoms with Gasteiger partial charge in [-0.1, -0.05) is 30.7 Å². The number of rotatable bonds is 6. The van der Waals surface area contributed by atoms with Crippen LogP contribution in [0.1, 0.15) is 29.3 Å². The summed E-state index contributed by atoms with van der Waals surface area (Å²) in [6, 6.07) is 14.6. The Labute approximate surface area is 165 Å². The zero-order chi connectivity index (χ0) is 19.9. The fourth-order valence-electron chi connectivity index (χ4n) is 3.01. The van der Waals surface area contributed by atoms with Crippen molar-refractivity contribution >= 4 is 17.5 Å². The van der Waals surface area contributed by atoms with Gasteiger partial charge in [-0.2, -0.15) is 0 Å². The van der Waals surface area contributed by atoms with E-state index in [1.807, 2.05) is 38.1 Å². The van der Waals surface area contributed by atoms with E-state index in [0.29, 0.717) is 49.7 Å². The molecule has 0 unspecified atom stereocenters. The van der Waals surface area contributed by atoms with E-state index < -0.39 is 6.10 Å². The summed E-state index contributed by atoms with van der Waals surface area (Å²) in [6.07, 6.45) is -0.0761. The van der Waals surface area contributed by atoms with Crippen molar-refractivity contribution in [1.82, 2.24) is 4.90 Å². The molecular formula is C22H26N2O4. The SMILES string of the molecule is CC[C@@H](Oc1ccc(C)cc1)C(=O)Nc1cccc(C(=O)N2CCOCC2)c1. The second kappa shape index (κ2) is 9.37. The molecule has 0 saturated carbocycles. The molecule has 1 atom stereocenters. The number of anilines is 1. The van der Waals surface area contributed by atoms with E-state index in [0.717, 1.165) is 5.56 Å². The fraction of sp³-hybridized carbons (Fsp3) is 0.364. The van der Waals surface area contributed by atoms with Crippen LogP contribution >= 0.6 is 0 Å². The van der Waals surface area contributed by atoms with Gasteiger partial charge in [0.05, 0.1) is 13.2 Å². The molecule has 0 aliphatic carbocycles. The molecule has 148 valence electrons. The Morgan fingerprint density at radius 2 is 1.86 bits per heavy atom. The lowest BCUT2D eigenvalue weighted by atomic mass is 10.1. The first-order valence-electron chi connectivity index (χ1n) is 9.58. The number of aryl methyl sites for hydroxylation is 1. The lowest BCUT2D eigenvalue weighted by Crippen LogP contribution is -2.40. The molecular weight excluding hydrogens is 356 g/mol. The first-order chi connectivity index (χ1) is 13.6. The Kier molecular flexibility index (Phi) is 6.66. The molecule has 0 radical (unpaired) electrons. The molecule has 28 heavy (non-hydrogen) atoms. The van der Waals surface area contributed by atoms with Crippen LogP contribution < -0.4 is 10.1 Å². The van der Waals surface area contributed by atoms with Crippen molar-refractivity contribution in [2.45, 2.75) is 26.4 Å². The molecule has 1 aliphatic rings. The van der Waals surface area contributed by atoms with Crippen LogP contribution in [-0.4, -0.2) is 49.1 Å². The van der Waals surface area contributed by atoms with Crippen molar-refractivity contribution in [3.63, 3.8) is 0 Å². The van der Waals surface area contributed by atoms with Crippen LogP contribution in [0.25, 0.3) is 0 Å². The minimum Gasteiger partial charge on any atom is -0.481 e. The number of nitrogens with zero attached hydrogens (tertiary/aromatic N) is 1. The summed E-state index contributed by atoms with van der Waals surface area (Å²) in [5, 5.41) is 2.86. The Bertz CT molecular complexity index is 814. The first kappa shape index (κ1) is 19.9. The number of carbonyl (C=O) groups excluding carboxylic acids is 2. The van der Waals surface area contributed by atoms with Gasteiger partial charge >= 0.3 is 0 Å². The predicted octanol–water partition coefficient (Wildman–Crippen LogP) is 3.26. The van der Waals surface area contributed by atoms with Gasteiger partial charge in [0.1, 0.15) is 5.75 Å². The highest BCUT2D eigenvalue weighted by Crippen LogP contribution is 2.18. The first-order valence-corrected chi connectivity index (χ1v) is 9.58. The van der Waals surface area contributed by atoms with Crippen molar-refractivity contribution in [1.29, 1.82) is 0 Å². The molecule has 1 saturated heterocycles. The summed E-state index contributed by atoms with van der Waals surface area (Å²) >= 11 is 0. The van der Waals surface area contributed by atoms with Gasteiger partial charge in [-0.05, 0) is 43.7 Å². The lowest BCUT2D eigenvalue weighted by Gasteiger charge is -2.27. The van der Waals surface area contributed by atoms with E-state index >= 15 is 0 Å². The summed E-state index contributed by atoms with van der Waals surface area (Å²) in [6.45, 7) is 6.17. The van der Waals surface area contributed by atoms with E-state index in [1.165, 1.54) is 0 Å². The van der Waals surface area contributed by atoms with Crippen molar-refractivity contribution in [2.24, 2.45) is 0 Å². The molecule has 0 aromatic heterocycles. The molecule has 0 spiro atoms. The average molecular weight is 382 g/mol. The molecule has 0 bridgehead atoms. The second-order valence-corrected chi connectivity index (χ2v) is 6.80. The third-order valence-electron chi connectivity index (χ3n) is 4.64. The predicted molar refractivity (Wildman–Crippen MR) is 108 cm³/mol. The van der Waals surface area contributed by atoms with Gasteiger partial charge in [0, 0.05) is 24.3 Å². The van der Waals surface area contributed by atoms with Crippen LogP contribution in [0.3, 0.4) is 0 Å². The third-order valence-corrected chi connectivity index (χ3v) is 4.64. The third kappa shape index (κ3) is 5.10. The summed E-state index contributed by atoms with van der Waals surface area (Å²) in [4.78, 5) is 27.0. The van der Waals surface area contributed by atoms with Crippen LogP contribution in [0.5, 0.6) is 5.75 Å². The van der Waals surface area contributed by atoms with Crippen LogP contribution in [0.2, 0.25) is 0 Å². The maximum Gasteiger partial charge on any atom is 0.265 e. The van der Waals surface area contributed by atoms with Crippen molar-refractivity contribution in [2.75, 3.05) is 31.6 Å². The molecule has 1 heterocycles. The summed E-state index contributed by atoms with van der Waals surface area (Å²) < 4.78 is 11.1. The molecule has 1 fully saturated rings. The maximum atomic E-state index is 12.6. The van der Waals surface area contributed by atoms with Gasteiger partial charge in [0.2, 0.25) is 0 Å². The molecule has 6 heteroatoms. The molecule has 2 aromatic rings. The minimum atomic E-state index is -0.610. The second-order valence-electron chi connectivity index (χ2n) is 6.80. The quantitative estimate of drug-likeness (QED) is 0.833. The standard InChI is InChI=1S/C22H26N2O4/c1-3-20(28-19-9-7-16(2)8-10-19)21(25)23-18-6-4-5-17(15-18)22(26)24-11-13-27-14-12-24/h4-10,15,20H,3,11-14H2,1-2H3,(H,23,25)/t20-/m1/s1. The highest BCUT2D eigenvalue weighted by atomic mass is 16.5. The van der Waals surface area contributed by atoms with Gasteiger partial charge in [-0.25, -0.2) is 0 Å². The van der Waals surface area contributed by atoms with Crippen molar-refractivity contribution < 1.29 is 19.1 Å². The largest absolute Gasteiger partial charge is 0.481 e. The van der Waals surface area contributed by atoms with E-state index in [-0.39, 0.29) is 11.8 Å². The number of morpholine rings is 1. The monoisotopic (exact) mass is 382 g/mol. The number of hydrogen-bond donors (Lipinski definition) is 1. The Balaban J connectivity index is 1.65. The van der Waals surface area contributed by atoms with Crippen LogP contribution in [-0.2, 0) is 9.53 Å². The van der Waals surface area contributed by atoms with E-state index in [9.17, 15) is 9.59 Å². The molecule has 3 rings (SSSR count). The van der Waals surface area contributed by atoms with Gasteiger partial charge < -0.3 is 19.7 Å². The van der Waals surface area contributed by atoms with Gasteiger partial charge in [0.25, 0.3) is 11.8 Å². The Morgan fingerprint density at radius 3 is 2.54 bits per heavy atom. The van der Waals surface area contributed by atoms with E-state index in [1.54, 1.807) is 29.2 Å². The number of nitrogens with one attached hydrogen (secondary N) is 1. The molecule has 1 N–H and O–H groups in total. The molecule has 1 aliphatic heterocycles. The van der Waals surface area contributed by atoms with Gasteiger partial charge in [-0.3, -0.25) is 9.59 Å².